The molecule has 7 heteroatoms. The zero-order valence-corrected chi connectivity index (χ0v) is 17.3. The smallest absolute Gasteiger partial charge is 0.407 e. The van der Waals surface area contributed by atoms with Crippen molar-refractivity contribution >= 4 is 12.0 Å². The van der Waals surface area contributed by atoms with Gasteiger partial charge >= 0.3 is 6.09 Å². The van der Waals surface area contributed by atoms with Crippen LogP contribution < -0.4 is 0 Å². The molecule has 2 bridgehead atoms. The highest BCUT2D eigenvalue weighted by atomic mass is 16.5. The molecule has 3 heterocycles. The van der Waals surface area contributed by atoms with Crippen LogP contribution in [0.15, 0.2) is 0 Å². The fraction of sp³-hybridized carbons (Fsp3) is 0.905. The predicted molar refractivity (Wildman–Crippen MR) is 105 cm³/mol. The molecule has 158 valence electrons. The Kier molecular flexibility index (Phi) is 5.58. The van der Waals surface area contributed by atoms with Crippen molar-refractivity contribution in [3.05, 3.63) is 0 Å². The predicted octanol–water partition coefficient (Wildman–Crippen LogP) is 2.40. The summed E-state index contributed by atoms with van der Waals surface area (Å²) < 4.78 is 5.62. The lowest BCUT2D eigenvalue weighted by Gasteiger charge is -2.51. The Morgan fingerprint density at radius 3 is 2.18 bits per heavy atom. The molecule has 4 rings (SSSR count). The quantitative estimate of drug-likeness (QED) is 0.794. The van der Waals surface area contributed by atoms with E-state index in [1.54, 1.807) is 11.8 Å². The average Bonchev–Trinajstić information content (AvgIpc) is 2.63. The van der Waals surface area contributed by atoms with Crippen molar-refractivity contribution in [2.75, 3.05) is 32.8 Å². The van der Waals surface area contributed by atoms with Gasteiger partial charge in [0, 0.05) is 38.6 Å². The summed E-state index contributed by atoms with van der Waals surface area (Å²) in [7, 11) is 0. The lowest BCUT2D eigenvalue weighted by molar-refractivity contribution is -0.135. The van der Waals surface area contributed by atoms with Crippen molar-refractivity contribution in [3.8, 4) is 0 Å². The maximum absolute atomic E-state index is 12.3. The van der Waals surface area contributed by atoms with Gasteiger partial charge in [-0.15, -0.1) is 0 Å². The van der Waals surface area contributed by atoms with E-state index in [2.05, 4.69) is 16.7 Å². The van der Waals surface area contributed by atoms with Gasteiger partial charge in [0.2, 0.25) is 5.91 Å². The van der Waals surface area contributed by atoms with Gasteiger partial charge in [0.05, 0.1) is 25.3 Å². The number of fused-ring (bicyclic) bond motifs is 2. The monoisotopic (exact) mass is 393 g/mol. The zero-order valence-electron chi connectivity index (χ0n) is 17.3. The minimum atomic E-state index is -0.808. The number of rotatable bonds is 4. The molecule has 0 aromatic heterocycles. The Morgan fingerprint density at radius 2 is 1.71 bits per heavy atom. The van der Waals surface area contributed by atoms with Crippen LogP contribution in [-0.4, -0.2) is 88.8 Å². The lowest BCUT2D eigenvalue weighted by atomic mass is 9.70. The van der Waals surface area contributed by atoms with E-state index in [0.29, 0.717) is 30.7 Å². The van der Waals surface area contributed by atoms with Crippen LogP contribution in [0.25, 0.3) is 0 Å². The minimum Gasteiger partial charge on any atom is -0.465 e. The third-order valence-corrected chi connectivity index (χ3v) is 7.69. The Morgan fingerprint density at radius 1 is 1.11 bits per heavy atom. The third kappa shape index (κ3) is 3.88. The Balaban J connectivity index is 1.34. The Labute approximate surface area is 168 Å². The first-order valence-corrected chi connectivity index (χ1v) is 11.0. The van der Waals surface area contributed by atoms with Crippen LogP contribution >= 0.6 is 0 Å². The van der Waals surface area contributed by atoms with Gasteiger partial charge in [0.25, 0.3) is 0 Å². The van der Waals surface area contributed by atoms with Gasteiger partial charge in [-0.3, -0.25) is 9.69 Å². The van der Waals surface area contributed by atoms with E-state index >= 15 is 0 Å². The van der Waals surface area contributed by atoms with E-state index in [9.17, 15) is 14.7 Å². The summed E-state index contributed by atoms with van der Waals surface area (Å²) >= 11 is 0. The van der Waals surface area contributed by atoms with Crippen LogP contribution in [-0.2, 0) is 9.53 Å². The second kappa shape index (κ2) is 7.82. The topological polar surface area (TPSA) is 73.3 Å². The van der Waals surface area contributed by atoms with E-state index in [0.717, 1.165) is 45.3 Å². The van der Waals surface area contributed by atoms with Crippen molar-refractivity contribution in [1.29, 1.82) is 0 Å². The first kappa shape index (κ1) is 20.0. The van der Waals surface area contributed by atoms with Crippen molar-refractivity contribution in [3.63, 3.8) is 0 Å². The highest BCUT2D eigenvalue weighted by Crippen LogP contribution is 2.42. The molecule has 0 aromatic carbocycles. The number of nitrogens with zero attached hydrogens (tertiary/aromatic N) is 3. The van der Waals surface area contributed by atoms with Crippen molar-refractivity contribution in [2.45, 2.75) is 83.0 Å². The van der Waals surface area contributed by atoms with Gasteiger partial charge in [-0.05, 0) is 43.9 Å². The van der Waals surface area contributed by atoms with Gasteiger partial charge in [-0.25, -0.2) is 4.79 Å². The highest BCUT2D eigenvalue weighted by molar-refractivity contribution is 5.73. The van der Waals surface area contributed by atoms with Gasteiger partial charge in [-0.2, -0.15) is 0 Å². The van der Waals surface area contributed by atoms with Crippen LogP contribution in [0.3, 0.4) is 0 Å². The lowest BCUT2D eigenvalue weighted by Crippen LogP contribution is -2.63. The minimum absolute atomic E-state index is 0.0139. The second-order valence-electron chi connectivity index (χ2n) is 9.74. The summed E-state index contributed by atoms with van der Waals surface area (Å²) in [5, 5.41) is 9.53. The second-order valence-corrected chi connectivity index (χ2v) is 9.74. The number of morpholine rings is 1. The number of hydrogen-bond acceptors (Lipinski definition) is 4. The molecule has 4 fully saturated rings. The molecule has 2 amide bonds. The third-order valence-electron chi connectivity index (χ3n) is 7.69. The molecule has 4 aliphatic rings. The Bertz CT molecular complexity index is 586. The molecule has 3 saturated heterocycles. The molecule has 1 N–H and O–H groups in total. The molecule has 0 aromatic rings. The fourth-order valence-corrected chi connectivity index (χ4v) is 5.91. The molecule has 3 aliphatic heterocycles. The zero-order chi connectivity index (χ0) is 19.9. The normalized spacial score (nSPS) is 33.2. The molecule has 28 heavy (non-hydrogen) atoms. The molecule has 2 atom stereocenters. The average molecular weight is 394 g/mol. The van der Waals surface area contributed by atoms with Crippen LogP contribution in [0, 0.1) is 5.41 Å². The van der Waals surface area contributed by atoms with Crippen LogP contribution in [0.5, 0.6) is 0 Å². The summed E-state index contributed by atoms with van der Waals surface area (Å²) in [5.41, 5.74) is 0.323. The summed E-state index contributed by atoms with van der Waals surface area (Å²) in [6.07, 6.45) is 6.75. The molecule has 2 unspecified atom stereocenters. The number of likely N-dealkylation sites (tertiary alicyclic amines) is 1. The molecule has 1 saturated carbocycles. The van der Waals surface area contributed by atoms with E-state index in [1.807, 2.05) is 0 Å². The number of amides is 2. The number of carbonyl (C=O) groups is 2. The van der Waals surface area contributed by atoms with E-state index in [4.69, 9.17) is 4.74 Å². The summed E-state index contributed by atoms with van der Waals surface area (Å²) in [6.45, 7) is 7.99. The molecule has 0 spiro atoms. The summed E-state index contributed by atoms with van der Waals surface area (Å²) in [6, 6.07) is 0.763. The molecular formula is C21H35N3O4. The standard InChI is InChI=1S/C21H35N3O4/c1-15(25)23(14-21(2)6-3-7-21)16-4-8-22(9-5-16)17-10-18-12-28-13-19(11-17)24(18)20(26)27/h16-19H,3-14H2,1-2H3,(H,26,27). The largest absolute Gasteiger partial charge is 0.465 e. The number of hydrogen-bond donors (Lipinski definition) is 1. The maximum Gasteiger partial charge on any atom is 0.407 e. The first-order chi connectivity index (χ1) is 13.4. The van der Waals surface area contributed by atoms with E-state index in [-0.39, 0.29) is 18.0 Å². The van der Waals surface area contributed by atoms with Gasteiger partial charge in [-0.1, -0.05) is 13.3 Å². The molecule has 1 aliphatic carbocycles. The van der Waals surface area contributed by atoms with Crippen molar-refractivity contribution < 1.29 is 19.4 Å². The SMILES string of the molecule is CC(=O)N(CC1(C)CCC1)C1CCN(C2CC3COCC(C2)N3C(=O)O)CC1. The number of carbonyl (C=O) groups excluding carboxylic acids is 1. The summed E-state index contributed by atoms with van der Waals surface area (Å²) in [4.78, 5) is 30.2. The fourth-order valence-electron chi connectivity index (χ4n) is 5.91. The Hall–Kier alpha value is -1.34. The van der Waals surface area contributed by atoms with Crippen LogP contribution in [0.1, 0.15) is 58.8 Å². The number of ether oxygens (including phenoxy) is 1. The van der Waals surface area contributed by atoms with Crippen LogP contribution in [0.4, 0.5) is 4.79 Å². The van der Waals surface area contributed by atoms with E-state index < -0.39 is 6.09 Å². The summed E-state index contributed by atoms with van der Waals surface area (Å²) in [5.74, 6) is 0.216. The first-order valence-electron chi connectivity index (χ1n) is 11.0. The molecular weight excluding hydrogens is 358 g/mol. The molecule has 0 radical (unpaired) electrons. The number of piperidine rings is 2. The van der Waals surface area contributed by atoms with Crippen LogP contribution in [0.2, 0.25) is 0 Å². The van der Waals surface area contributed by atoms with Gasteiger partial charge in [0.15, 0.2) is 0 Å². The van der Waals surface area contributed by atoms with Gasteiger partial charge in [0.1, 0.15) is 0 Å². The van der Waals surface area contributed by atoms with Gasteiger partial charge < -0.3 is 19.6 Å². The maximum atomic E-state index is 12.3. The highest BCUT2D eigenvalue weighted by Gasteiger charge is 2.44. The van der Waals surface area contributed by atoms with E-state index in [1.165, 1.54) is 19.3 Å². The van der Waals surface area contributed by atoms with Crippen molar-refractivity contribution in [1.82, 2.24) is 14.7 Å². The number of carboxylic acid groups (broad SMARTS) is 1. The van der Waals surface area contributed by atoms with Crippen molar-refractivity contribution in [2.24, 2.45) is 5.41 Å². The molecule has 7 nitrogen and oxygen atoms in total.